The predicted octanol–water partition coefficient (Wildman–Crippen LogP) is 1.95. The molecule has 0 saturated carbocycles. The highest BCUT2D eigenvalue weighted by Gasteiger charge is 2.19. The lowest BCUT2D eigenvalue weighted by molar-refractivity contribution is -0.122. The summed E-state index contributed by atoms with van der Waals surface area (Å²) in [5.74, 6) is -0.213. The van der Waals surface area contributed by atoms with Crippen LogP contribution >= 0.6 is 0 Å². The van der Waals surface area contributed by atoms with Crippen molar-refractivity contribution >= 4 is 17.8 Å². The molecule has 8 heteroatoms. The number of aromatic nitrogens is 1. The van der Waals surface area contributed by atoms with E-state index in [0.717, 1.165) is 5.69 Å². The first-order valence-corrected chi connectivity index (χ1v) is 8.24. The fourth-order valence-electron chi connectivity index (χ4n) is 2.69. The minimum atomic E-state index is -0.458. The Labute approximate surface area is 151 Å². The second kappa shape index (κ2) is 7.90. The van der Waals surface area contributed by atoms with Crippen molar-refractivity contribution in [2.24, 2.45) is 0 Å². The third-order valence-corrected chi connectivity index (χ3v) is 3.97. The summed E-state index contributed by atoms with van der Waals surface area (Å²) < 4.78 is 12.0. The fourth-order valence-corrected chi connectivity index (χ4v) is 2.69. The van der Waals surface area contributed by atoms with Crippen LogP contribution in [0, 0.1) is 27.7 Å². The Hall–Kier alpha value is -3.03. The van der Waals surface area contributed by atoms with Gasteiger partial charge in [0.2, 0.25) is 0 Å². The molecule has 0 fully saturated rings. The lowest BCUT2D eigenvalue weighted by Crippen LogP contribution is -2.43. The Morgan fingerprint density at radius 3 is 2.35 bits per heavy atom. The fraction of sp³-hybridized carbons (Fsp3) is 0.389. The maximum atomic E-state index is 12.2. The second-order valence-corrected chi connectivity index (χ2v) is 5.92. The summed E-state index contributed by atoms with van der Waals surface area (Å²) in [4.78, 5) is 36.2. The van der Waals surface area contributed by atoms with E-state index < -0.39 is 17.8 Å². The molecule has 0 radical (unpaired) electrons. The van der Waals surface area contributed by atoms with Crippen molar-refractivity contribution in [3.8, 4) is 0 Å². The van der Waals surface area contributed by atoms with Gasteiger partial charge in [0.15, 0.2) is 0 Å². The monoisotopic (exact) mass is 361 g/mol. The molecule has 0 bridgehead atoms. The van der Waals surface area contributed by atoms with Gasteiger partial charge in [-0.2, -0.15) is 0 Å². The van der Waals surface area contributed by atoms with Gasteiger partial charge in [0, 0.05) is 11.4 Å². The standard InChI is InChI=1S/C18H23N3O5/c1-6-25-18(24)14-7-10(2)21(12(14)4)9-16(22)19-20-17(23)15-8-11(3)26-13(15)5/h7-8H,6,9H2,1-5H3,(H,19,22)(H,20,23). The molecule has 8 nitrogen and oxygen atoms in total. The second-order valence-electron chi connectivity index (χ2n) is 5.92. The smallest absolute Gasteiger partial charge is 0.339 e. The number of nitrogens with one attached hydrogen (secondary N) is 2. The molecule has 2 rings (SSSR count). The van der Waals surface area contributed by atoms with Gasteiger partial charge < -0.3 is 13.7 Å². The van der Waals surface area contributed by atoms with Gasteiger partial charge in [0.1, 0.15) is 18.1 Å². The van der Waals surface area contributed by atoms with Crippen LogP contribution in [0.25, 0.3) is 0 Å². The highest BCUT2D eigenvalue weighted by molar-refractivity contribution is 5.96. The van der Waals surface area contributed by atoms with Gasteiger partial charge in [-0.05, 0) is 46.8 Å². The summed E-state index contributed by atoms with van der Waals surface area (Å²) in [5, 5.41) is 0. The lowest BCUT2D eigenvalue weighted by Gasteiger charge is -2.11. The van der Waals surface area contributed by atoms with Crippen LogP contribution in [0.4, 0.5) is 0 Å². The van der Waals surface area contributed by atoms with Gasteiger partial charge in [-0.15, -0.1) is 0 Å². The number of hydrazine groups is 1. The average Bonchev–Trinajstić information content (AvgIpc) is 3.06. The first-order valence-electron chi connectivity index (χ1n) is 8.24. The lowest BCUT2D eigenvalue weighted by atomic mass is 10.2. The number of amides is 2. The van der Waals surface area contributed by atoms with Gasteiger partial charge in [-0.25, -0.2) is 4.79 Å². The van der Waals surface area contributed by atoms with Crippen molar-refractivity contribution in [1.29, 1.82) is 0 Å². The molecule has 0 aliphatic carbocycles. The number of hydrogen-bond acceptors (Lipinski definition) is 5. The van der Waals surface area contributed by atoms with Crippen LogP contribution in [0.3, 0.4) is 0 Å². The minimum Gasteiger partial charge on any atom is -0.466 e. The first kappa shape index (κ1) is 19.3. The molecule has 0 saturated heterocycles. The van der Waals surface area contributed by atoms with Crippen molar-refractivity contribution in [2.45, 2.75) is 41.2 Å². The molecule has 0 aliphatic heterocycles. The first-order chi connectivity index (χ1) is 12.2. The van der Waals surface area contributed by atoms with Crippen LogP contribution in [0.2, 0.25) is 0 Å². The van der Waals surface area contributed by atoms with E-state index in [2.05, 4.69) is 10.9 Å². The van der Waals surface area contributed by atoms with Crippen LogP contribution in [-0.2, 0) is 16.1 Å². The number of nitrogens with zero attached hydrogens (tertiary/aromatic N) is 1. The van der Waals surface area contributed by atoms with E-state index >= 15 is 0 Å². The zero-order valence-corrected chi connectivity index (χ0v) is 15.6. The number of esters is 1. The Kier molecular flexibility index (Phi) is 5.86. The van der Waals surface area contributed by atoms with E-state index in [1.807, 2.05) is 0 Å². The van der Waals surface area contributed by atoms with E-state index in [1.165, 1.54) is 0 Å². The number of carbonyl (C=O) groups excluding carboxylic acids is 3. The molecule has 0 aromatic carbocycles. The summed E-state index contributed by atoms with van der Waals surface area (Å²) in [7, 11) is 0. The summed E-state index contributed by atoms with van der Waals surface area (Å²) in [6.07, 6.45) is 0. The molecule has 0 atom stereocenters. The third kappa shape index (κ3) is 4.14. The number of furan rings is 1. The van der Waals surface area contributed by atoms with E-state index in [9.17, 15) is 14.4 Å². The number of hydrogen-bond donors (Lipinski definition) is 2. The zero-order chi connectivity index (χ0) is 19.4. The highest BCUT2D eigenvalue weighted by Crippen LogP contribution is 2.16. The van der Waals surface area contributed by atoms with E-state index in [1.54, 1.807) is 51.3 Å². The van der Waals surface area contributed by atoms with Gasteiger partial charge in [0.25, 0.3) is 11.8 Å². The van der Waals surface area contributed by atoms with Crippen LogP contribution in [0.1, 0.15) is 50.5 Å². The largest absolute Gasteiger partial charge is 0.466 e. The molecule has 26 heavy (non-hydrogen) atoms. The van der Waals surface area contributed by atoms with Crippen molar-refractivity contribution < 1.29 is 23.5 Å². The highest BCUT2D eigenvalue weighted by atomic mass is 16.5. The third-order valence-electron chi connectivity index (χ3n) is 3.97. The topological polar surface area (TPSA) is 103 Å². The van der Waals surface area contributed by atoms with Crippen molar-refractivity contribution in [3.63, 3.8) is 0 Å². The van der Waals surface area contributed by atoms with Crippen molar-refractivity contribution in [2.75, 3.05) is 6.61 Å². The normalized spacial score (nSPS) is 10.5. The van der Waals surface area contributed by atoms with Crippen LogP contribution < -0.4 is 10.9 Å². The average molecular weight is 361 g/mol. The van der Waals surface area contributed by atoms with Crippen LogP contribution in [-0.4, -0.2) is 29.0 Å². The Balaban J connectivity index is 2.01. The minimum absolute atomic E-state index is 0.0409. The van der Waals surface area contributed by atoms with E-state index in [-0.39, 0.29) is 13.2 Å². The van der Waals surface area contributed by atoms with Gasteiger partial charge in [-0.3, -0.25) is 20.4 Å². The summed E-state index contributed by atoms with van der Waals surface area (Å²) in [6, 6.07) is 3.28. The zero-order valence-electron chi connectivity index (χ0n) is 15.6. The molecule has 2 aromatic rings. The maximum Gasteiger partial charge on any atom is 0.339 e. The molecule has 0 aliphatic rings. The number of ether oxygens (including phenoxy) is 1. The van der Waals surface area contributed by atoms with Gasteiger partial charge in [-0.1, -0.05) is 0 Å². The SMILES string of the molecule is CCOC(=O)c1cc(C)n(CC(=O)NNC(=O)c2cc(C)oc2C)c1C. The Bertz CT molecular complexity index is 847. The van der Waals surface area contributed by atoms with E-state index in [0.29, 0.717) is 28.3 Å². The molecule has 2 heterocycles. The molecule has 140 valence electrons. The molecular formula is C18H23N3O5. The number of carbonyl (C=O) groups is 3. The molecule has 0 unspecified atom stereocenters. The molecule has 2 N–H and O–H groups in total. The van der Waals surface area contributed by atoms with Gasteiger partial charge >= 0.3 is 5.97 Å². The predicted molar refractivity (Wildman–Crippen MR) is 93.7 cm³/mol. The summed E-state index contributed by atoms with van der Waals surface area (Å²) in [6.45, 7) is 8.91. The summed E-state index contributed by atoms with van der Waals surface area (Å²) in [5.41, 5.74) is 6.88. The quantitative estimate of drug-likeness (QED) is 0.626. The molecule has 2 amide bonds. The van der Waals surface area contributed by atoms with Crippen LogP contribution in [0.5, 0.6) is 0 Å². The molecular weight excluding hydrogens is 338 g/mol. The van der Waals surface area contributed by atoms with Crippen LogP contribution in [0.15, 0.2) is 16.5 Å². The van der Waals surface area contributed by atoms with Gasteiger partial charge in [0.05, 0.1) is 17.7 Å². The Morgan fingerprint density at radius 1 is 1.08 bits per heavy atom. The number of rotatable bonds is 5. The summed E-state index contributed by atoms with van der Waals surface area (Å²) >= 11 is 0. The van der Waals surface area contributed by atoms with Crippen molar-refractivity contribution in [3.05, 3.63) is 46.2 Å². The Morgan fingerprint density at radius 2 is 1.77 bits per heavy atom. The number of aryl methyl sites for hydroxylation is 3. The maximum absolute atomic E-state index is 12.2. The molecule has 0 spiro atoms. The molecule has 2 aromatic heterocycles. The van der Waals surface area contributed by atoms with Crippen molar-refractivity contribution in [1.82, 2.24) is 15.4 Å². The van der Waals surface area contributed by atoms with E-state index in [4.69, 9.17) is 9.15 Å².